The van der Waals surface area contributed by atoms with Crippen LogP contribution < -0.4 is 10.6 Å². The molecule has 0 spiro atoms. The number of rotatable bonds is 7. The smallest absolute Gasteiger partial charge is 0.282 e. The Kier molecular flexibility index (Phi) is 5.46. The Bertz CT molecular complexity index is 566. The van der Waals surface area contributed by atoms with Gasteiger partial charge in [0.25, 0.3) is 5.91 Å². The molecule has 0 saturated carbocycles. The number of carbonyl (C=O) groups excluding carboxylic acids is 1. The van der Waals surface area contributed by atoms with Crippen molar-refractivity contribution in [3.05, 3.63) is 5.01 Å². The van der Waals surface area contributed by atoms with Crippen molar-refractivity contribution in [3.8, 4) is 0 Å². The maximum atomic E-state index is 11.9. The highest BCUT2D eigenvalue weighted by atomic mass is 32.2. The van der Waals surface area contributed by atoms with Crippen molar-refractivity contribution in [2.24, 2.45) is 0 Å². The zero-order chi connectivity index (χ0) is 15.4. The van der Waals surface area contributed by atoms with E-state index < -0.39 is 20.5 Å². The molecule has 0 bridgehead atoms. The van der Waals surface area contributed by atoms with Gasteiger partial charge in [-0.1, -0.05) is 18.3 Å². The number of anilines is 1. The van der Waals surface area contributed by atoms with Gasteiger partial charge in [-0.05, 0) is 20.3 Å². The molecule has 114 valence electrons. The molecule has 0 unspecified atom stereocenters. The van der Waals surface area contributed by atoms with Crippen molar-refractivity contribution in [3.63, 3.8) is 0 Å². The molecule has 0 atom stereocenters. The Hall–Kier alpha value is -1.22. The highest BCUT2D eigenvalue weighted by Gasteiger charge is 2.31. The molecule has 0 aromatic carbocycles. The first-order chi connectivity index (χ1) is 9.17. The zero-order valence-corrected chi connectivity index (χ0v) is 13.7. The van der Waals surface area contributed by atoms with Gasteiger partial charge >= 0.3 is 0 Å². The summed E-state index contributed by atoms with van der Waals surface area (Å²) in [6.45, 7) is 5.95. The fraction of sp³-hybridized carbons (Fsp3) is 0.727. The third-order valence-corrected chi connectivity index (χ3v) is 5.86. The molecule has 0 aliphatic rings. The first kappa shape index (κ1) is 16.8. The number of nitrogens with one attached hydrogen (secondary N) is 2. The summed E-state index contributed by atoms with van der Waals surface area (Å²) in [6.07, 6.45) is 2.10. The first-order valence-electron chi connectivity index (χ1n) is 6.22. The van der Waals surface area contributed by atoms with E-state index in [9.17, 15) is 13.2 Å². The van der Waals surface area contributed by atoms with Crippen LogP contribution in [0.4, 0.5) is 5.13 Å². The number of amides is 1. The molecule has 2 N–H and O–H groups in total. The lowest BCUT2D eigenvalue weighted by atomic mass is 10.2. The molecule has 0 aliphatic heterocycles. The Morgan fingerprint density at radius 2 is 2.00 bits per heavy atom. The second-order valence-corrected chi connectivity index (χ2v) is 8.68. The molecule has 0 fully saturated rings. The van der Waals surface area contributed by atoms with Crippen LogP contribution in [0.15, 0.2) is 0 Å². The third-order valence-electron chi connectivity index (χ3n) is 2.82. The Morgan fingerprint density at radius 3 is 2.55 bits per heavy atom. The summed E-state index contributed by atoms with van der Waals surface area (Å²) in [5, 5.41) is 14.0. The molecule has 0 radical (unpaired) electrons. The molecule has 0 aliphatic carbocycles. The molecule has 1 heterocycles. The van der Waals surface area contributed by atoms with Gasteiger partial charge in [0.1, 0.15) is 0 Å². The van der Waals surface area contributed by atoms with Gasteiger partial charge in [-0.15, -0.1) is 10.2 Å². The number of sulfone groups is 1. The summed E-state index contributed by atoms with van der Waals surface area (Å²) < 4.78 is 22.1. The van der Waals surface area contributed by atoms with E-state index in [0.717, 1.165) is 30.6 Å². The van der Waals surface area contributed by atoms with Crippen LogP contribution in [0.1, 0.15) is 37.0 Å². The SMILES string of the molecule is CCCNc1nnc(C(=O)NCC(C)(C)S(C)(=O)=O)s1. The van der Waals surface area contributed by atoms with Crippen molar-refractivity contribution in [1.29, 1.82) is 0 Å². The minimum Gasteiger partial charge on any atom is -0.360 e. The lowest BCUT2D eigenvalue weighted by Crippen LogP contribution is -2.43. The van der Waals surface area contributed by atoms with Gasteiger partial charge in [0.15, 0.2) is 9.84 Å². The van der Waals surface area contributed by atoms with Crippen LogP contribution >= 0.6 is 11.3 Å². The van der Waals surface area contributed by atoms with E-state index >= 15 is 0 Å². The Balaban J connectivity index is 2.61. The third kappa shape index (κ3) is 4.41. The topological polar surface area (TPSA) is 101 Å². The fourth-order valence-corrected chi connectivity index (χ4v) is 2.14. The van der Waals surface area contributed by atoms with Crippen molar-refractivity contribution in [2.45, 2.75) is 31.9 Å². The molecule has 1 aromatic heterocycles. The predicted octanol–water partition coefficient (Wildman–Crippen LogP) is 0.913. The molecule has 20 heavy (non-hydrogen) atoms. The lowest BCUT2D eigenvalue weighted by Gasteiger charge is -2.22. The summed E-state index contributed by atoms with van der Waals surface area (Å²) in [5.74, 6) is -0.413. The van der Waals surface area contributed by atoms with Crippen LogP contribution in [0.5, 0.6) is 0 Å². The molecular formula is C11H20N4O3S2. The maximum Gasteiger partial charge on any atom is 0.282 e. The van der Waals surface area contributed by atoms with Crippen LogP contribution in [0.2, 0.25) is 0 Å². The predicted molar refractivity (Wildman–Crippen MR) is 79.9 cm³/mol. The quantitative estimate of drug-likeness (QED) is 0.774. The van der Waals surface area contributed by atoms with Gasteiger partial charge in [0.2, 0.25) is 10.1 Å². The number of carbonyl (C=O) groups is 1. The summed E-state index contributed by atoms with van der Waals surface area (Å²) in [6, 6.07) is 0. The maximum absolute atomic E-state index is 11.9. The molecule has 9 heteroatoms. The number of hydrogen-bond acceptors (Lipinski definition) is 7. The largest absolute Gasteiger partial charge is 0.360 e. The second-order valence-electron chi connectivity index (χ2n) is 5.05. The van der Waals surface area contributed by atoms with Gasteiger partial charge in [0.05, 0.1) is 4.75 Å². The van der Waals surface area contributed by atoms with Crippen molar-refractivity contribution < 1.29 is 13.2 Å². The van der Waals surface area contributed by atoms with Crippen LogP contribution in [0.3, 0.4) is 0 Å². The van der Waals surface area contributed by atoms with E-state index in [1.807, 2.05) is 6.92 Å². The van der Waals surface area contributed by atoms with E-state index in [2.05, 4.69) is 20.8 Å². The zero-order valence-electron chi connectivity index (χ0n) is 12.1. The van der Waals surface area contributed by atoms with Crippen molar-refractivity contribution >= 4 is 32.2 Å². The van der Waals surface area contributed by atoms with E-state index in [1.165, 1.54) is 0 Å². The van der Waals surface area contributed by atoms with E-state index in [4.69, 9.17) is 0 Å². The average molecular weight is 320 g/mol. The number of aromatic nitrogens is 2. The van der Waals surface area contributed by atoms with Gasteiger partial charge in [0, 0.05) is 19.3 Å². The van der Waals surface area contributed by atoms with Gasteiger partial charge in [-0.25, -0.2) is 8.42 Å². The standard InChI is InChI=1S/C11H20N4O3S2/c1-5-6-12-10-15-14-9(19-10)8(16)13-7-11(2,3)20(4,17)18/h5-7H2,1-4H3,(H,12,15)(H,13,16). The van der Waals surface area contributed by atoms with E-state index in [0.29, 0.717) is 5.13 Å². The summed E-state index contributed by atoms with van der Waals surface area (Å²) >= 11 is 1.14. The average Bonchev–Trinajstić information content (AvgIpc) is 2.81. The van der Waals surface area contributed by atoms with Crippen LogP contribution in [-0.2, 0) is 9.84 Å². The van der Waals surface area contributed by atoms with Crippen molar-refractivity contribution in [2.75, 3.05) is 24.7 Å². The number of nitrogens with zero attached hydrogens (tertiary/aromatic N) is 2. The van der Waals surface area contributed by atoms with Crippen molar-refractivity contribution in [1.82, 2.24) is 15.5 Å². The molecule has 0 saturated heterocycles. The minimum atomic E-state index is -3.25. The second kappa shape index (κ2) is 6.49. The fourth-order valence-electron chi connectivity index (χ4n) is 1.12. The Labute approximate surface area is 123 Å². The normalized spacial score (nSPS) is 12.2. The van der Waals surface area contributed by atoms with Gasteiger partial charge < -0.3 is 10.6 Å². The molecular weight excluding hydrogens is 300 g/mol. The summed E-state index contributed by atoms with van der Waals surface area (Å²) in [7, 11) is -3.25. The molecule has 1 aromatic rings. The lowest BCUT2D eigenvalue weighted by molar-refractivity contribution is 0.0949. The molecule has 1 amide bonds. The monoisotopic (exact) mass is 320 g/mol. The molecule has 1 rings (SSSR count). The minimum absolute atomic E-state index is 0.0297. The highest BCUT2D eigenvalue weighted by molar-refractivity contribution is 7.92. The van der Waals surface area contributed by atoms with Gasteiger partial charge in [-0.3, -0.25) is 4.79 Å². The van der Waals surface area contributed by atoms with Crippen LogP contribution in [0, 0.1) is 0 Å². The van der Waals surface area contributed by atoms with E-state index in [1.54, 1.807) is 13.8 Å². The van der Waals surface area contributed by atoms with Crippen LogP contribution in [0.25, 0.3) is 0 Å². The van der Waals surface area contributed by atoms with Crippen LogP contribution in [-0.4, -0.2) is 48.6 Å². The summed E-state index contributed by atoms with van der Waals surface area (Å²) in [5.41, 5.74) is 0. The Morgan fingerprint density at radius 1 is 1.35 bits per heavy atom. The summed E-state index contributed by atoms with van der Waals surface area (Å²) in [4.78, 5) is 11.9. The molecule has 7 nitrogen and oxygen atoms in total. The van der Waals surface area contributed by atoms with Gasteiger partial charge in [-0.2, -0.15) is 0 Å². The number of hydrogen-bond donors (Lipinski definition) is 2. The van der Waals surface area contributed by atoms with E-state index in [-0.39, 0.29) is 11.6 Å². The first-order valence-corrected chi connectivity index (χ1v) is 8.93. The highest BCUT2D eigenvalue weighted by Crippen LogP contribution is 2.16.